The number of aromatic nitrogens is 1. The number of pyridine rings is 1. The van der Waals surface area contributed by atoms with Gasteiger partial charge in [-0.15, -0.1) is 0 Å². The average molecular weight is 320 g/mol. The van der Waals surface area contributed by atoms with Crippen LogP contribution in [-0.2, 0) is 0 Å². The number of amides is 1. The lowest BCUT2D eigenvalue weighted by molar-refractivity contribution is 0.0941. The third kappa shape index (κ3) is 3.38. The van der Waals surface area contributed by atoms with Gasteiger partial charge in [-0.05, 0) is 43.7 Å². The van der Waals surface area contributed by atoms with Gasteiger partial charge in [0.25, 0.3) is 5.91 Å². The lowest BCUT2D eigenvalue weighted by Gasteiger charge is -2.15. The maximum absolute atomic E-state index is 12.6. The second-order valence-corrected chi connectivity index (χ2v) is 5.58. The first-order valence-electron chi connectivity index (χ1n) is 8.06. The van der Waals surface area contributed by atoms with Crippen molar-refractivity contribution < 1.29 is 9.53 Å². The first kappa shape index (κ1) is 16.0. The Bertz CT molecular complexity index is 838. The van der Waals surface area contributed by atoms with Crippen molar-refractivity contribution in [2.24, 2.45) is 0 Å². The van der Waals surface area contributed by atoms with E-state index in [4.69, 9.17) is 4.74 Å². The summed E-state index contributed by atoms with van der Waals surface area (Å²) >= 11 is 0. The molecule has 0 unspecified atom stereocenters. The van der Waals surface area contributed by atoms with Crippen molar-refractivity contribution in [3.8, 4) is 5.75 Å². The topological polar surface area (TPSA) is 51.2 Å². The highest BCUT2D eigenvalue weighted by molar-refractivity contribution is 6.05. The Morgan fingerprint density at radius 3 is 2.62 bits per heavy atom. The largest absolute Gasteiger partial charge is 0.494 e. The summed E-state index contributed by atoms with van der Waals surface area (Å²) in [6.07, 6.45) is 1.70. The molecule has 1 atom stereocenters. The van der Waals surface area contributed by atoms with Gasteiger partial charge in [-0.3, -0.25) is 9.78 Å². The van der Waals surface area contributed by atoms with Crippen LogP contribution in [0.4, 0.5) is 0 Å². The standard InChI is InChI=1S/C20H20N2O2/c1-3-24-17-11-9-15(10-12-17)14(2)22-20(23)18-8-4-6-16-7-5-13-21-19(16)18/h4-14H,3H2,1-2H3,(H,22,23)/t14-/m1/s1. The Morgan fingerprint density at radius 1 is 1.12 bits per heavy atom. The van der Waals surface area contributed by atoms with Gasteiger partial charge in [0.15, 0.2) is 0 Å². The van der Waals surface area contributed by atoms with Crippen LogP contribution >= 0.6 is 0 Å². The summed E-state index contributed by atoms with van der Waals surface area (Å²) in [5, 5.41) is 3.99. The smallest absolute Gasteiger partial charge is 0.253 e. The number of benzene rings is 2. The Balaban J connectivity index is 1.78. The van der Waals surface area contributed by atoms with Crippen molar-refractivity contribution in [3.63, 3.8) is 0 Å². The number of nitrogens with zero attached hydrogens (tertiary/aromatic N) is 1. The van der Waals surface area contributed by atoms with E-state index in [1.807, 2.05) is 62.4 Å². The number of carbonyl (C=O) groups excluding carboxylic acids is 1. The van der Waals surface area contributed by atoms with Crippen LogP contribution in [-0.4, -0.2) is 17.5 Å². The second-order valence-electron chi connectivity index (χ2n) is 5.58. The van der Waals surface area contributed by atoms with Crippen LogP contribution in [0.1, 0.15) is 35.8 Å². The molecule has 1 aromatic heterocycles. The molecule has 0 aliphatic heterocycles. The summed E-state index contributed by atoms with van der Waals surface area (Å²) in [7, 11) is 0. The number of ether oxygens (including phenoxy) is 1. The Kier molecular flexibility index (Phi) is 4.75. The van der Waals surface area contributed by atoms with Gasteiger partial charge in [-0.2, -0.15) is 0 Å². The second kappa shape index (κ2) is 7.13. The highest BCUT2D eigenvalue weighted by atomic mass is 16.5. The number of carbonyl (C=O) groups is 1. The summed E-state index contributed by atoms with van der Waals surface area (Å²) in [4.78, 5) is 17.0. The highest BCUT2D eigenvalue weighted by Crippen LogP contribution is 2.20. The SMILES string of the molecule is CCOc1ccc([C@@H](C)NC(=O)c2cccc3cccnc23)cc1. The molecule has 1 amide bonds. The van der Waals surface area contributed by atoms with E-state index in [-0.39, 0.29) is 11.9 Å². The predicted octanol–water partition coefficient (Wildman–Crippen LogP) is 4.12. The highest BCUT2D eigenvalue weighted by Gasteiger charge is 2.14. The van der Waals surface area contributed by atoms with Gasteiger partial charge in [0, 0.05) is 11.6 Å². The van der Waals surface area contributed by atoms with Crippen molar-refractivity contribution >= 4 is 16.8 Å². The van der Waals surface area contributed by atoms with Crippen molar-refractivity contribution in [3.05, 3.63) is 71.9 Å². The Labute approximate surface area is 141 Å². The Hall–Kier alpha value is -2.88. The van der Waals surface area contributed by atoms with E-state index in [0.29, 0.717) is 12.2 Å². The minimum atomic E-state index is -0.124. The van der Waals surface area contributed by atoms with Crippen LogP contribution in [0, 0.1) is 0 Å². The molecule has 0 bridgehead atoms. The molecule has 0 saturated carbocycles. The van der Waals surface area contributed by atoms with Crippen LogP contribution in [0.15, 0.2) is 60.8 Å². The first-order valence-corrected chi connectivity index (χ1v) is 8.06. The quantitative estimate of drug-likeness (QED) is 0.769. The van der Waals surface area contributed by atoms with Gasteiger partial charge < -0.3 is 10.1 Å². The van der Waals surface area contributed by atoms with Gasteiger partial charge in [0.2, 0.25) is 0 Å². The van der Waals surface area contributed by atoms with Crippen LogP contribution in [0.3, 0.4) is 0 Å². The zero-order valence-corrected chi connectivity index (χ0v) is 13.8. The van der Waals surface area contributed by atoms with Crippen LogP contribution in [0.5, 0.6) is 5.75 Å². The molecule has 3 aromatic rings. The maximum Gasteiger partial charge on any atom is 0.253 e. The predicted molar refractivity (Wildman–Crippen MR) is 95.2 cm³/mol. The van der Waals surface area contributed by atoms with Crippen LogP contribution in [0.25, 0.3) is 10.9 Å². The molecular weight excluding hydrogens is 300 g/mol. The minimum Gasteiger partial charge on any atom is -0.494 e. The molecule has 0 aliphatic carbocycles. The van der Waals surface area contributed by atoms with Gasteiger partial charge >= 0.3 is 0 Å². The number of nitrogens with one attached hydrogen (secondary N) is 1. The molecule has 122 valence electrons. The van der Waals surface area contributed by atoms with E-state index >= 15 is 0 Å². The van der Waals surface area contributed by atoms with Crippen molar-refractivity contribution in [1.29, 1.82) is 0 Å². The molecule has 0 radical (unpaired) electrons. The molecule has 0 aliphatic rings. The summed E-state index contributed by atoms with van der Waals surface area (Å²) < 4.78 is 5.44. The molecule has 2 aromatic carbocycles. The fourth-order valence-electron chi connectivity index (χ4n) is 2.66. The first-order chi connectivity index (χ1) is 11.7. The van der Waals surface area contributed by atoms with E-state index in [2.05, 4.69) is 10.3 Å². The van der Waals surface area contributed by atoms with Crippen molar-refractivity contribution in [1.82, 2.24) is 10.3 Å². The third-order valence-electron chi connectivity index (χ3n) is 3.92. The van der Waals surface area contributed by atoms with E-state index in [1.54, 1.807) is 12.3 Å². The fourth-order valence-corrected chi connectivity index (χ4v) is 2.66. The van der Waals surface area contributed by atoms with Gasteiger partial charge in [-0.1, -0.05) is 30.3 Å². The molecule has 0 spiro atoms. The zero-order valence-electron chi connectivity index (χ0n) is 13.8. The van der Waals surface area contributed by atoms with E-state index < -0.39 is 0 Å². The van der Waals surface area contributed by atoms with Gasteiger partial charge in [0.1, 0.15) is 5.75 Å². The maximum atomic E-state index is 12.6. The molecule has 0 saturated heterocycles. The normalized spacial score (nSPS) is 11.9. The van der Waals surface area contributed by atoms with Gasteiger partial charge in [-0.25, -0.2) is 0 Å². The number of fused-ring (bicyclic) bond motifs is 1. The monoisotopic (exact) mass is 320 g/mol. The summed E-state index contributed by atoms with van der Waals surface area (Å²) in [6.45, 7) is 4.56. The minimum absolute atomic E-state index is 0.104. The summed E-state index contributed by atoms with van der Waals surface area (Å²) in [6, 6.07) is 17.1. The average Bonchev–Trinajstić information content (AvgIpc) is 2.62. The molecule has 24 heavy (non-hydrogen) atoms. The number of hydrogen-bond acceptors (Lipinski definition) is 3. The number of rotatable bonds is 5. The number of para-hydroxylation sites is 1. The van der Waals surface area contributed by atoms with Crippen LogP contribution < -0.4 is 10.1 Å². The zero-order chi connectivity index (χ0) is 16.9. The summed E-state index contributed by atoms with van der Waals surface area (Å²) in [5.41, 5.74) is 2.34. The molecule has 0 fully saturated rings. The molecular formula is C20H20N2O2. The summed E-state index contributed by atoms with van der Waals surface area (Å²) in [5.74, 6) is 0.707. The molecule has 3 rings (SSSR count). The van der Waals surface area contributed by atoms with E-state index in [0.717, 1.165) is 22.2 Å². The molecule has 4 heteroatoms. The molecule has 1 N–H and O–H groups in total. The lowest BCUT2D eigenvalue weighted by atomic mass is 10.1. The fraction of sp³-hybridized carbons (Fsp3) is 0.200. The van der Waals surface area contributed by atoms with E-state index in [1.165, 1.54) is 0 Å². The molecule has 4 nitrogen and oxygen atoms in total. The van der Waals surface area contributed by atoms with E-state index in [9.17, 15) is 4.79 Å². The number of hydrogen-bond donors (Lipinski definition) is 1. The third-order valence-corrected chi connectivity index (χ3v) is 3.92. The van der Waals surface area contributed by atoms with Gasteiger partial charge in [0.05, 0.1) is 23.7 Å². The van der Waals surface area contributed by atoms with Crippen LogP contribution in [0.2, 0.25) is 0 Å². The van der Waals surface area contributed by atoms with Crippen molar-refractivity contribution in [2.45, 2.75) is 19.9 Å². The Morgan fingerprint density at radius 2 is 1.88 bits per heavy atom. The lowest BCUT2D eigenvalue weighted by Crippen LogP contribution is -2.26. The van der Waals surface area contributed by atoms with Crippen molar-refractivity contribution in [2.75, 3.05) is 6.61 Å². The molecule has 1 heterocycles.